The first-order chi connectivity index (χ1) is 11.6. The predicted octanol–water partition coefficient (Wildman–Crippen LogP) is 1.86. The third-order valence-electron chi connectivity index (χ3n) is 4.44. The zero-order valence-electron chi connectivity index (χ0n) is 14.0. The summed E-state index contributed by atoms with van der Waals surface area (Å²) < 4.78 is 1.75. The average molecular weight is 328 g/mol. The second kappa shape index (κ2) is 7.49. The van der Waals surface area contributed by atoms with Crippen LogP contribution in [0.2, 0.25) is 0 Å². The molecule has 1 aromatic carbocycles. The highest BCUT2D eigenvalue weighted by atomic mass is 16.3. The van der Waals surface area contributed by atoms with Crippen molar-refractivity contribution in [3.05, 3.63) is 47.8 Å². The number of likely N-dealkylation sites (tertiary alicyclic amines) is 1. The molecule has 1 aliphatic heterocycles. The minimum Gasteiger partial charge on any atom is -0.508 e. The molecule has 1 aromatic heterocycles. The molecule has 0 spiro atoms. The Hall–Kier alpha value is -2.34. The molecule has 6 heteroatoms. The van der Waals surface area contributed by atoms with Crippen LogP contribution in [0.25, 0.3) is 0 Å². The first-order valence-corrected chi connectivity index (χ1v) is 8.46. The third-order valence-corrected chi connectivity index (χ3v) is 4.44. The van der Waals surface area contributed by atoms with Gasteiger partial charge in [-0.15, -0.1) is 0 Å². The minimum absolute atomic E-state index is 0.103. The van der Waals surface area contributed by atoms with Gasteiger partial charge >= 0.3 is 0 Å². The average Bonchev–Trinajstić information content (AvgIpc) is 3.22. The topological polar surface area (TPSA) is 70.4 Å². The molecule has 0 unspecified atom stereocenters. The monoisotopic (exact) mass is 328 g/mol. The summed E-state index contributed by atoms with van der Waals surface area (Å²) in [5, 5.41) is 16.8. The molecule has 1 aliphatic rings. The number of nitrogens with one attached hydrogen (secondary N) is 1. The van der Waals surface area contributed by atoms with Crippen molar-refractivity contribution >= 4 is 5.91 Å². The maximum absolute atomic E-state index is 12.1. The second-order valence-corrected chi connectivity index (χ2v) is 6.33. The maximum Gasteiger partial charge on any atom is 0.271 e. The number of carbonyl (C=O) groups excluding carboxylic acids is 1. The highest BCUT2D eigenvalue weighted by Gasteiger charge is 2.23. The van der Waals surface area contributed by atoms with Gasteiger partial charge in [-0.25, -0.2) is 0 Å². The molecule has 128 valence electrons. The Morgan fingerprint density at radius 1 is 1.42 bits per heavy atom. The van der Waals surface area contributed by atoms with Crippen molar-refractivity contribution in [1.82, 2.24) is 20.0 Å². The second-order valence-electron chi connectivity index (χ2n) is 6.33. The number of aromatic nitrogens is 2. The first-order valence-electron chi connectivity index (χ1n) is 8.46. The summed E-state index contributed by atoms with van der Waals surface area (Å²) in [6.45, 7) is 6.24. The third kappa shape index (κ3) is 4.14. The van der Waals surface area contributed by atoms with Gasteiger partial charge in [0, 0.05) is 32.4 Å². The van der Waals surface area contributed by atoms with Crippen LogP contribution in [0, 0.1) is 5.92 Å². The molecule has 1 saturated heterocycles. The molecular formula is C18H24N4O2. The Kier molecular flexibility index (Phi) is 5.15. The minimum atomic E-state index is -0.103. The summed E-state index contributed by atoms with van der Waals surface area (Å²) in [4.78, 5) is 14.5. The van der Waals surface area contributed by atoms with E-state index < -0.39 is 0 Å². The smallest absolute Gasteiger partial charge is 0.271 e. The van der Waals surface area contributed by atoms with E-state index >= 15 is 0 Å². The molecule has 0 radical (unpaired) electrons. The number of amides is 1. The number of phenols is 1. The number of nitrogens with zero attached hydrogens (tertiary/aromatic N) is 3. The van der Waals surface area contributed by atoms with Gasteiger partial charge in [-0.2, -0.15) is 5.10 Å². The molecule has 1 atom stereocenters. The van der Waals surface area contributed by atoms with Crippen LogP contribution in [0.3, 0.4) is 0 Å². The van der Waals surface area contributed by atoms with Crippen LogP contribution in [0.5, 0.6) is 5.75 Å². The van der Waals surface area contributed by atoms with Crippen LogP contribution in [0.4, 0.5) is 0 Å². The fraction of sp³-hybridized carbons (Fsp3) is 0.444. The molecule has 6 nitrogen and oxygen atoms in total. The van der Waals surface area contributed by atoms with E-state index in [9.17, 15) is 9.90 Å². The van der Waals surface area contributed by atoms with Crippen molar-refractivity contribution in [2.75, 3.05) is 19.6 Å². The van der Waals surface area contributed by atoms with Crippen LogP contribution >= 0.6 is 0 Å². The van der Waals surface area contributed by atoms with Crippen LogP contribution in [-0.2, 0) is 13.1 Å². The van der Waals surface area contributed by atoms with E-state index in [-0.39, 0.29) is 5.91 Å². The number of carbonyl (C=O) groups is 1. The molecule has 2 heterocycles. The fourth-order valence-corrected chi connectivity index (χ4v) is 3.12. The van der Waals surface area contributed by atoms with E-state index in [1.807, 2.05) is 25.3 Å². The Balaban J connectivity index is 1.45. The molecule has 2 N–H and O–H groups in total. The van der Waals surface area contributed by atoms with E-state index in [0.717, 1.165) is 38.2 Å². The molecule has 24 heavy (non-hydrogen) atoms. The number of aryl methyl sites for hydroxylation is 1. The van der Waals surface area contributed by atoms with E-state index in [1.54, 1.807) is 22.9 Å². The molecule has 1 fully saturated rings. The van der Waals surface area contributed by atoms with E-state index in [2.05, 4.69) is 15.3 Å². The van der Waals surface area contributed by atoms with Gasteiger partial charge in [0.25, 0.3) is 5.91 Å². The molecule has 2 aromatic rings. The molecule has 0 aliphatic carbocycles. The van der Waals surface area contributed by atoms with Crippen molar-refractivity contribution in [1.29, 1.82) is 0 Å². The van der Waals surface area contributed by atoms with Crippen LogP contribution < -0.4 is 5.32 Å². The summed E-state index contributed by atoms with van der Waals surface area (Å²) in [5.41, 5.74) is 1.59. The standard InChI is InChI=1S/C18H24N4O2/c1-2-22-9-7-17(20-22)18(24)19-11-15-6-8-21(13-15)12-14-4-3-5-16(23)10-14/h3-5,7,9-10,15,23H,2,6,8,11-13H2,1H3,(H,19,24)/t15-/m0/s1. The number of hydrogen-bond donors (Lipinski definition) is 2. The van der Waals surface area contributed by atoms with Gasteiger partial charge in [-0.05, 0) is 49.6 Å². The molecule has 3 rings (SSSR count). The zero-order valence-corrected chi connectivity index (χ0v) is 14.0. The van der Waals surface area contributed by atoms with E-state index in [4.69, 9.17) is 0 Å². The maximum atomic E-state index is 12.1. The summed E-state index contributed by atoms with van der Waals surface area (Å²) in [5.74, 6) is 0.662. The Labute approximate surface area is 142 Å². The highest BCUT2D eigenvalue weighted by molar-refractivity contribution is 5.92. The van der Waals surface area contributed by atoms with E-state index in [1.165, 1.54) is 0 Å². The summed E-state index contributed by atoms with van der Waals surface area (Å²) in [6, 6.07) is 9.14. The lowest BCUT2D eigenvalue weighted by Gasteiger charge is -2.16. The number of rotatable bonds is 6. The molecule has 0 bridgehead atoms. The molecule has 1 amide bonds. The van der Waals surface area contributed by atoms with Crippen molar-refractivity contribution in [3.63, 3.8) is 0 Å². The number of aromatic hydroxyl groups is 1. The Morgan fingerprint density at radius 3 is 3.04 bits per heavy atom. The first kappa shape index (κ1) is 16.5. The molecule has 0 saturated carbocycles. The molecular weight excluding hydrogens is 304 g/mol. The normalized spacial score (nSPS) is 18.0. The van der Waals surface area contributed by atoms with Crippen LogP contribution in [-0.4, -0.2) is 45.3 Å². The lowest BCUT2D eigenvalue weighted by atomic mass is 10.1. The van der Waals surface area contributed by atoms with Crippen molar-refractivity contribution in [2.24, 2.45) is 5.92 Å². The van der Waals surface area contributed by atoms with Crippen molar-refractivity contribution in [2.45, 2.75) is 26.4 Å². The summed E-state index contributed by atoms with van der Waals surface area (Å²) in [6.07, 6.45) is 2.89. The summed E-state index contributed by atoms with van der Waals surface area (Å²) in [7, 11) is 0. The zero-order chi connectivity index (χ0) is 16.9. The van der Waals surface area contributed by atoms with Gasteiger partial charge in [0.15, 0.2) is 0 Å². The van der Waals surface area contributed by atoms with Gasteiger partial charge in [0.2, 0.25) is 0 Å². The fourth-order valence-electron chi connectivity index (χ4n) is 3.12. The van der Waals surface area contributed by atoms with Gasteiger partial charge in [0.05, 0.1) is 0 Å². The van der Waals surface area contributed by atoms with Crippen molar-refractivity contribution in [3.8, 4) is 5.75 Å². The Bertz CT molecular complexity index is 698. The number of hydrogen-bond acceptors (Lipinski definition) is 4. The Morgan fingerprint density at radius 2 is 2.29 bits per heavy atom. The quantitative estimate of drug-likeness (QED) is 0.849. The van der Waals surface area contributed by atoms with Gasteiger partial charge < -0.3 is 10.4 Å². The van der Waals surface area contributed by atoms with Gasteiger partial charge in [-0.1, -0.05) is 12.1 Å². The lowest BCUT2D eigenvalue weighted by molar-refractivity contribution is 0.0941. The van der Waals surface area contributed by atoms with E-state index in [0.29, 0.717) is 23.9 Å². The van der Waals surface area contributed by atoms with Gasteiger partial charge in [0.1, 0.15) is 11.4 Å². The number of benzene rings is 1. The lowest BCUT2D eigenvalue weighted by Crippen LogP contribution is -2.31. The SMILES string of the molecule is CCn1ccc(C(=O)NC[C@@H]2CCN(Cc3cccc(O)c3)C2)n1. The predicted molar refractivity (Wildman–Crippen MR) is 91.7 cm³/mol. The largest absolute Gasteiger partial charge is 0.508 e. The van der Waals surface area contributed by atoms with Crippen molar-refractivity contribution < 1.29 is 9.90 Å². The van der Waals surface area contributed by atoms with Crippen LogP contribution in [0.15, 0.2) is 36.5 Å². The van der Waals surface area contributed by atoms with Crippen LogP contribution in [0.1, 0.15) is 29.4 Å². The highest BCUT2D eigenvalue weighted by Crippen LogP contribution is 2.20. The van der Waals surface area contributed by atoms with Gasteiger partial charge in [-0.3, -0.25) is 14.4 Å². The summed E-state index contributed by atoms with van der Waals surface area (Å²) >= 11 is 0. The number of phenolic OH excluding ortho intramolecular Hbond substituents is 1.